The molecule has 31 heavy (non-hydrogen) atoms. The van der Waals surface area contributed by atoms with Gasteiger partial charge in [0.05, 0.1) is 30.9 Å². The Morgan fingerprint density at radius 1 is 1.26 bits per heavy atom. The van der Waals surface area contributed by atoms with Crippen molar-refractivity contribution in [2.75, 3.05) is 32.1 Å². The number of carbonyl (C=O) groups is 1. The van der Waals surface area contributed by atoms with Gasteiger partial charge in [0.1, 0.15) is 17.1 Å². The lowest BCUT2D eigenvalue weighted by molar-refractivity contribution is 0.0905. The van der Waals surface area contributed by atoms with E-state index in [0.717, 1.165) is 19.6 Å². The molecule has 1 atom stereocenters. The lowest BCUT2D eigenvalue weighted by atomic mass is 10.2. The summed E-state index contributed by atoms with van der Waals surface area (Å²) in [5.74, 6) is 0.876. The highest BCUT2D eigenvalue weighted by Crippen LogP contribution is 2.21. The number of carbonyl (C=O) groups excluding carboxylic acids is 1. The van der Waals surface area contributed by atoms with E-state index >= 15 is 0 Å². The normalized spacial score (nSPS) is 14.5. The third kappa shape index (κ3) is 4.97. The summed E-state index contributed by atoms with van der Waals surface area (Å²) in [7, 11) is 3.33. The van der Waals surface area contributed by atoms with Crippen LogP contribution in [0.2, 0.25) is 0 Å². The number of amides is 1. The molecule has 1 fully saturated rings. The van der Waals surface area contributed by atoms with Gasteiger partial charge in [-0.1, -0.05) is 0 Å². The molecular weight excluding hydrogens is 396 g/mol. The van der Waals surface area contributed by atoms with Crippen LogP contribution in [0.4, 0.5) is 11.6 Å². The van der Waals surface area contributed by atoms with Crippen LogP contribution in [0.15, 0.2) is 36.8 Å². The molecular formula is C21H26N8O2. The van der Waals surface area contributed by atoms with Crippen LogP contribution in [-0.2, 0) is 7.05 Å². The fraction of sp³-hybridized carbons (Fsp3) is 0.381. The molecule has 0 bridgehead atoms. The predicted molar refractivity (Wildman–Crippen MR) is 116 cm³/mol. The number of ether oxygens (including phenoxy) is 1. The number of likely N-dealkylation sites (tertiary alicyclic amines) is 1. The third-order valence-corrected chi connectivity index (χ3v) is 5.09. The first-order valence-corrected chi connectivity index (χ1v) is 10.2. The van der Waals surface area contributed by atoms with Crippen LogP contribution in [0.25, 0.3) is 11.4 Å². The van der Waals surface area contributed by atoms with Crippen LogP contribution in [0, 0.1) is 0 Å². The van der Waals surface area contributed by atoms with Crippen molar-refractivity contribution >= 4 is 17.5 Å². The smallest absolute Gasteiger partial charge is 0.269 e. The highest BCUT2D eigenvalue weighted by molar-refractivity contribution is 5.93. The molecule has 1 aliphatic rings. The van der Waals surface area contributed by atoms with Gasteiger partial charge in [-0.3, -0.25) is 14.5 Å². The molecule has 1 unspecified atom stereocenters. The van der Waals surface area contributed by atoms with Crippen molar-refractivity contribution in [3.63, 3.8) is 0 Å². The standard InChI is InChI=1S/C21H26N8O2/c1-14(13-29-7-4-8-29)24-20(30)19-10-18(27-28(19)2)17-5-6-23-21(26-17)25-15-9-16(31-3)12-22-11-15/h5-6,9-12,14H,4,7-8,13H2,1-3H3,(H,24,30)(H,23,25,26). The maximum absolute atomic E-state index is 12.7. The van der Waals surface area contributed by atoms with Gasteiger partial charge in [-0.15, -0.1) is 0 Å². The van der Waals surface area contributed by atoms with Gasteiger partial charge >= 0.3 is 0 Å². The lowest BCUT2D eigenvalue weighted by Crippen LogP contribution is -2.47. The van der Waals surface area contributed by atoms with E-state index < -0.39 is 0 Å². The minimum absolute atomic E-state index is 0.0671. The zero-order chi connectivity index (χ0) is 21.8. The molecule has 2 N–H and O–H groups in total. The Kier molecular flexibility index (Phi) is 6.08. The van der Waals surface area contributed by atoms with Crippen LogP contribution in [0.1, 0.15) is 23.8 Å². The van der Waals surface area contributed by atoms with Crippen molar-refractivity contribution in [1.29, 1.82) is 0 Å². The van der Waals surface area contributed by atoms with E-state index in [1.807, 2.05) is 6.92 Å². The summed E-state index contributed by atoms with van der Waals surface area (Å²) < 4.78 is 6.76. The molecule has 10 heteroatoms. The molecule has 0 radical (unpaired) electrons. The Hall–Kier alpha value is -3.53. The van der Waals surface area contributed by atoms with Crippen molar-refractivity contribution in [3.05, 3.63) is 42.5 Å². The van der Waals surface area contributed by atoms with E-state index in [1.165, 1.54) is 6.42 Å². The van der Waals surface area contributed by atoms with Crippen LogP contribution in [0.5, 0.6) is 5.75 Å². The first-order chi connectivity index (χ1) is 15.0. The number of rotatable bonds is 8. The van der Waals surface area contributed by atoms with E-state index in [4.69, 9.17) is 4.74 Å². The average molecular weight is 422 g/mol. The fourth-order valence-electron chi connectivity index (χ4n) is 3.39. The minimum Gasteiger partial charge on any atom is -0.495 e. The van der Waals surface area contributed by atoms with Gasteiger partial charge in [0.2, 0.25) is 5.95 Å². The van der Waals surface area contributed by atoms with Gasteiger partial charge in [-0.2, -0.15) is 5.10 Å². The molecule has 0 aliphatic carbocycles. The van der Waals surface area contributed by atoms with Crippen molar-refractivity contribution in [2.24, 2.45) is 7.05 Å². The fourth-order valence-corrected chi connectivity index (χ4v) is 3.39. The molecule has 0 saturated carbocycles. The van der Waals surface area contributed by atoms with Crippen LogP contribution < -0.4 is 15.4 Å². The summed E-state index contributed by atoms with van der Waals surface area (Å²) in [4.78, 5) is 27.9. The van der Waals surface area contributed by atoms with Crippen LogP contribution in [0.3, 0.4) is 0 Å². The number of anilines is 2. The van der Waals surface area contributed by atoms with Crippen LogP contribution >= 0.6 is 0 Å². The summed E-state index contributed by atoms with van der Waals surface area (Å²) in [5.41, 5.74) is 2.39. The quantitative estimate of drug-likeness (QED) is 0.566. The first-order valence-electron chi connectivity index (χ1n) is 10.2. The zero-order valence-corrected chi connectivity index (χ0v) is 17.9. The molecule has 1 aliphatic heterocycles. The second kappa shape index (κ2) is 9.09. The molecule has 1 amide bonds. The van der Waals surface area contributed by atoms with Gasteiger partial charge < -0.3 is 20.3 Å². The summed E-state index contributed by atoms with van der Waals surface area (Å²) >= 11 is 0. The van der Waals surface area contributed by atoms with E-state index in [-0.39, 0.29) is 11.9 Å². The monoisotopic (exact) mass is 422 g/mol. The number of hydrogen-bond acceptors (Lipinski definition) is 8. The van der Waals surface area contributed by atoms with Crippen molar-refractivity contribution < 1.29 is 9.53 Å². The van der Waals surface area contributed by atoms with Gasteiger partial charge in [-0.25, -0.2) is 9.97 Å². The zero-order valence-electron chi connectivity index (χ0n) is 17.9. The number of aromatic nitrogens is 5. The van der Waals surface area contributed by atoms with E-state index in [1.54, 1.807) is 55.6 Å². The Bertz CT molecular complexity index is 1060. The molecule has 0 spiro atoms. The van der Waals surface area contributed by atoms with E-state index in [9.17, 15) is 4.79 Å². The summed E-state index contributed by atoms with van der Waals surface area (Å²) in [6.45, 7) is 5.08. The lowest BCUT2D eigenvalue weighted by Gasteiger charge is -2.33. The SMILES string of the molecule is COc1cncc(Nc2nccc(-c3cc(C(=O)NC(C)CN4CCC4)n(C)n3)n2)c1. The highest BCUT2D eigenvalue weighted by Gasteiger charge is 2.20. The summed E-state index contributed by atoms with van der Waals surface area (Å²) in [6, 6.07) is 5.36. The summed E-state index contributed by atoms with van der Waals surface area (Å²) in [6.07, 6.45) is 6.15. The Balaban J connectivity index is 1.47. The molecule has 162 valence electrons. The molecule has 10 nitrogen and oxygen atoms in total. The largest absolute Gasteiger partial charge is 0.495 e. The number of methoxy groups -OCH3 is 1. The third-order valence-electron chi connectivity index (χ3n) is 5.09. The summed E-state index contributed by atoms with van der Waals surface area (Å²) in [5, 5.41) is 10.6. The Morgan fingerprint density at radius 3 is 2.84 bits per heavy atom. The molecule has 4 heterocycles. The Morgan fingerprint density at radius 2 is 2.10 bits per heavy atom. The number of nitrogens with zero attached hydrogens (tertiary/aromatic N) is 6. The maximum atomic E-state index is 12.7. The van der Waals surface area contributed by atoms with Crippen molar-refractivity contribution in [3.8, 4) is 17.1 Å². The number of pyridine rings is 1. The van der Waals surface area contributed by atoms with Gasteiger partial charge in [0.15, 0.2) is 0 Å². The van der Waals surface area contributed by atoms with Gasteiger partial charge in [-0.05, 0) is 38.6 Å². The molecule has 1 saturated heterocycles. The first kappa shape index (κ1) is 20.7. The molecule has 3 aromatic heterocycles. The average Bonchev–Trinajstić information content (AvgIpc) is 3.13. The van der Waals surface area contributed by atoms with Crippen LogP contribution in [-0.4, -0.2) is 68.3 Å². The van der Waals surface area contributed by atoms with E-state index in [2.05, 4.69) is 35.6 Å². The highest BCUT2D eigenvalue weighted by atomic mass is 16.5. The topological polar surface area (TPSA) is 110 Å². The second-order valence-corrected chi connectivity index (χ2v) is 7.57. The predicted octanol–water partition coefficient (Wildman–Crippen LogP) is 1.85. The maximum Gasteiger partial charge on any atom is 0.269 e. The second-order valence-electron chi connectivity index (χ2n) is 7.57. The number of hydrogen-bond donors (Lipinski definition) is 2. The minimum atomic E-state index is -0.149. The van der Waals surface area contributed by atoms with Crippen molar-refractivity contribution in [2.45, 2.75) is 19.4 Å². The Labute approximate surface area is 180 Å². The molecule has 0 aromatic carbocycles. The molecule has 3 aromatic rings. The number of nitrogens with one attached hydrogen (secondary N) is 2. The molecule has 4 rings (SSSR count). The van der Waals surface area contributed by atoms with Gasteiger partial charge in [0, 0.05) is 31.9 Å². The number of aryl methyl sites for hydroxylation is 1. The van der Waals surface area contributed by atoms with Crippen molar-refractivity contribution in [1.82, 2.24) is 34.9 Å². The van der Waals surface area contributed by atoms with E-state index in [0.29, 0.717) is 34.5 Å². The van der Waals surface area contributed by atoms with Gasteiger partial charge in [0.25, 0.3) is 5.91 Å².